The summed E-state index contributed by atoms with van der Waals surface area (Å²) in [6, 6.07) is 7.38. The maximum absolute atomic E-state index is 11.1. The van der Waals surface area contributed by atoms with Crippen LogP contribution in [-0.4, -0.2) is 11.1 Å². The maximum Gasteiger partial charge on any atom is 0.274 e. The molecule has 1 amide bonds. The second-order valence-electron chi connectivity index (χ2n) is 4.11. The van der Waals surface area contributed by atoms with Gasteiger partial charge in [-0.25, -0.2) is 5.48 Å². The van der Waals surface area contributed by atoms with Gasteiger partial charge in [0, 0.05) is 5.56 Å². The minimum absolute atomic E-state index is 0.465. The van der Waals surface area contributed by atoms with Gasteiger partial charge in [0.15, 0.2) is 0 Å². The molecule has 0 aliphatic heterocycles. The van der Waals surface area contributed by atoms with Crippen LogP contribution in [0.15, 0.2) is 24.3 Å². The molecule has 1 aromatic rings. The molecule has 0 radical (unpaired) electrons. The normalized spacial score (nSPS) is 12.2. The number of hydrogen-bond donors (Lipinski definition) is 2. The van der Waals surface area contributed by atoms with E-state index in [9.17, 15) is 4.79 Å². The number of carbonyl (C=O) groups excluding carboxylic acids is 1. The van der Waals surface area contributed by atoms with Crippen LogP contribution in [0, 0.1) is 0 Å². The summed E-state index contributed by atoms with van der Waals surface area (Å²) < 4.78 is 0. The third-order valence-electron chi connectivity index (χ3n) is 2.83. The van der Waals surface area contributed by atoms with Crippen LogP contribution >= 0.6 is 0 Å². The molecule has 2 N–H and O–H groups in total. The maximum atomic E-state index is 11.1. The van der Waals surface area contributed by atoms with Crippen LogP contribution in [0.4, 0.5) is 0 Å². The van der Waals surface area contributed by atoms with Crippen molar-refractivity contribution in [1.29, 1.82) is 0 Å². The zero-order valence-corrected chi connectivity index (χ0v) is 9.86. The zero-order chi connectivity index (χ0) is 12.0. The van der Waals surface area contributed by atoms with Crippen molar-refractivity contribution in [3.05, 3.63) is 35.4 Å². The van der Waals surface area contributed by atoms with Crippen LogP contribution in [0.25, 0.3) is 0 Å². The molecule has 0 aliphatic rings. The Kier molecular flexibility index (Phi) is 4.99. The van der Waals surface area contributed by atoms with Gasteiger partial charge >= 0.3 is 0 Å². The quantitative estimate of drug-likeness (QED) is 0.593. The summed E-state index contributed by atoms with van der Waals surface area (Å²) in [5.74, 6) is 0.0546. The van der Waals surface area contributed by atoms with Crippen molar-refractivity contribution in [2.45, 2.75) is 39.0 Å². The lowest BCUT2D eigenvalue weighted by Crippen LogP contribution is -2.18. The molecule has 0 bridgehead atoms. The topological polar surface area (TPSA) is 49.3 Å². The largest absolute Gasteiger partial charge is 0.288 e. The van der Waals surface area contributed by atoms with Crippen LogP contribution in [-0.2, 0) is 0 Å². The van der Waals surface area contributed by atoms with E-state index >= 15 is 0 Å². The van der Waals surface area contributed by atoms with E-state index in [1.54, 1.807) is 17.6 Å². The highest BCUT2D eigenvalue weighted by molar-refractivity contribution is 5.93. The summed E-state index contributed by atoms with van der Waals surface area (Å²) in [5, 5.41) is 8.48. The predicted molar refractivity (Wildman–Crippen MR) is 63.6 cm³/mol. The molecule has 88 valence electrons. The number of rotatable bonds is 5. The lowest BCUT2D eigenvalue weighted by molar-refractivity contribution is 0.0706. The van der Waals surface area contributed by atoms with Crippen LogP contribution in [0.1, 0.15) is 54.9 Å². The average molecular weight is 221 g/mol. The van der Waals surface area contributed by atoms with E-state index in [-0.39, 0.29) is 0 Å². The second kappa shape index (κ2) is 6.28. The summed E-state index contributed by atoms with van der Waals surface area (Å²) in [4.78, 5) is 11.1. The fourth-order valence-electron chi connectivity index (χ4n) is 1.70. The third kappa shape index (κ3) is 3.35. The van der Waals surface area contributed by atoms with Crippen molar-refractivity contribution in [3.8, 4) is 0 Å². The molecule has 1 unspecified atom stereocenters. The summed E-state index contributed by atoms with van der Waals surface area (Å²) in [7, 11) is 0. The van der Waals surface area contributed by atoms with Gasteiger partial charge in [-0.05, 0) is 30.0 Å². The first-order valence-electron chi connectivity index (χ1n) is 5.73. The van der Waals surface area contributed by atoms with Crippen LogP contribution in [0.5, 0.6) is 0 Å². The van der Waals surface area contributed by atoms with Gasteiger partial charge in [0.2, 0.25) is 0 Å². The molecular formula is C13H19NO2. The number of nitrogens with one attached hydrogen (secondary N) is 1. The molecule has 0 saturated heterocycles. The zero-order valence-electron chi connectivity index (χ0n) is 9.86. The summed E-state index contributed by atoms with van der Waals surface area (Å²) in [5.41, 5.74) is 3.34. The molecule has 16 heavy (non-hydrogen) atoms. The van der Waals surface area contributed by atoms with Crippen molar-refractivity contribution < 1.29 is 10.0 Å². The molecule has 0 spiro atoms. The van der Waals surface area contributed by atoms with Crippen molar-refractivity contribution in [1.82, 2.24) is 5.48 Å². The SMILES string of the molecule is CCCCC(C)c1ccc(C(=O)NO)cc1. The van der Waals surface area contributed by atoms with Crippen molar-refractivity contribution >= 4 is 5.91 Å². The van der Waals surface area contributed by atoms with Crippen LogP contribution in [0.2, 0.25) is 0 Å². The van der Waals surface area contributed by atoms with E-state index in [4.69, 9.17) is 5.21 Å². The molecule has 0 fully saturated rings. The Morgan fingerprint density at radius 3 is 2.50 bits per heavy atom. The molecule has 1 rings (SSSR count). The lowest BCUT2D eigenvalue weighted by Gasteiger charge is -2.11. The molecule has 0 saturated carbocycles. The Hall–Kier alpha value is -1.35. The van der Waals surface area contributed by atoms with Crippen LogP contribution in [0.3, 0.4) is 0 Å². The van der Waals surface area contributed by atoms with Crippen LogP contribution < -0.4 is 5.48 Å². The Bertz CT molecular complexity index is 332. The highest BCUT2D eigenvalue weighted by Gasteiger charge is 2.07. The first-order chi connectivity index (χ1) is 7.69. The van der Waals surface area contributed by atoms with Gasteiger partial charge in [0.1, 0.15) is 0 Å². The minimum Gasteiger partial charge on any atom is -0.288 e. The minimum atomic E-state index is -0.465. The molecule has 3 heteroatoms. The first kappa shape index (κ1) is 12.7. The number of hydrogen-bond acceptors (Lipinski definition) is 2. The van der Waals surface area contributed by atoms with Gasteiger partial charge in [-0.1, -0.05) is 38.8 Å². The fourth-order valence-corrected chi connectivity index (χ4v) is 1.70. The molecular weight excluding hydrogens is 202 g/mol. The smallest absolute Gasteiger partial charge is 0.274 e. The Balaban J connectivity index is 2.67. The number of benzene rings is 1. The van der Waals surface area contributed by atoms with E-state index in [2.05, 4.69) is 13.8 Å². The van der Waals surface area contributed by atoms with E-state index in [1.807, 2.05) is 12.1 Å². The lowest BCUT2D eigenvalue weighted by atomic mass is 9.95. The Morgan fingerprint density at radius 1 is 1.38 bits per heavy atom. The standard InChI is InChI=1S/C13H19NO2/c1-3-4-5-10(2)11-6-8-12(9-7-11)13(15)14-16/h6-10,16H,3-5H2,1-2H3,(H,14,15). The highest BCUT2D eigenvalue weighted by Crippen LogP contribution is 2.21. The van der Waals surface area contributed by atoms with Crippen molar-refractivity contribution in [2.24, 2.45) is 0 Å². The van der Waals surface area contributed by atoms with Gasteiger partial charge in [-0.2, -0.15) is 0 Å². The number of unbranched alkanes of at least 4 members (excludes halogenated alkanes) is 1. The summed E-state index contributed by atoms with van der Waals surface area (Å²) in [6.07, 6.45) is 3.59. The molecule has 3 nitrogen and oxygen atoms in total. The third-order valence-corrected chi connectivity index (χ3v) is 2.83. The van der Waals surface area contributed by atoms with Gasteiger partial charge in [0.25, 0.3) is 5.91 Å². The molecule has 0 aliphatic carbocycles. The fraction of sp³-hybridized carbons (Fsp3) is 0.462. The van der Waals surface area contributed by atoms with Gasteiger partial charge in [-0.3, -0.25) is 10.0 Å². The molecule has 0 aromatic heterocycles. The number of hydroxylamine groups is 1. The van der Waals surface area contributed by atoms with Gasteiger partial charge in [0.05, 0.1) is 0 Å². The van der Waals surface area contributed by atoms with Crippen molar-refractivity contribution in [3.63, 3.8) is 0 Å². The number of amides is 1. The van der Waals surface area contributed by atoms with Gasteiger partial charge in [-0.15, -0.1) is 0 Å². The molecule has 1 atom stereocenters. The molecule has 1 aromatic carbocycles. The Morgan fingerprint density at radius 2 is 2.00 bits per heavy atom. The van der Waals surface area contributed by atoms with E-state index in [0.717, 1.165) is 0 Å². The monoisotopic (exact) mass is 221 g/mol. The first-order valence-corrected chi connectivity index (χ1v) is 5.73. The van der Waals surface area contributed by atoms with Crippen molar-refractivity contribution in [2.75, 3.05) is 0 Å². The van der Waals surface area contributed by atoms with E-state index in [1.165, 1.54) is 24.8 Å². The Labute approximate surface area is 96.4 Å². The second-order valence-corrected chi connectivity index (χ2v) is 4.11. The average Bonchev–Trinajstić information content (AvgIpc) is 2.35. The summed E-state index contributed by atoms with van der Waals surface area (Å²) >= 11 is 0. The summed E-state index contributed by atoms with van der Waals surface area (Å²) in [6.45, 7) is 4.37. The van der Waals surface area contributed by atoms with Gasteiger partial charge < -0.3 is 0 Å². The number of carbonyl (C=O) groups is 1. The van der Waals surface area contributed by atoms with E-state index in [0.29, 0.717) is 11.5 Å². The predicted octanol–water partition coefficient (Wildman–Crippen LogP) is 3.10. The highest BCUT2D eigenvalue weighted by atomic mass is 16.5. The molecule has 0 heterocycles. The van der Waals surface area contributed by atoms with E-state index < -0.39 is 5.91 Å².